The maximum atomic E-state index is 9.30. The van der Waals surface area contributed by atoms with E-state index < -0.39 is 0 Å². The summed E-state index contributed by atoms with van der Waals surface area (Å²) in [5.41, 5.74) is 5.36. The lowest BCUT2D eigenvalue weighted by Crippen LogP contribution is -2.09. The topological polar surface area (TPSA) is 39.6 Å². The lowest BCUT2D eigenvalue weighted by atomic mass is 9.86. The van der Waals surface area contributed by atoms with Crippen LogP contribution in [0.25, 0.3) is 11.3 Å². The predicted molar refractivity (Wildman–Crippen MR) is 78.4 cm³/mol. The quantitative estimate of drug-likeness (QED) is 0.787. The number of rotatable bonds is 1. The molecule has 1 aromatic carbocycles. The first-order valence-electron chi connectivity index (χ1n) is 6.55. The minimum atomic E-state index is 0.571. The number of hydrogen-bond acceptors (Lipinski definition) is 2. The largest absolute Gasteiger partial charge is 0.345 e. The summed E-state index contributed by atoms with van der Waals surface area (Å²) in [6, 6.07) is 12.5. The van der Waals surface area contributed by atoms with Crippen LogP contribution < -0.4 is 0 Å². The Morgan fingerprint density at radius 2 is 1.74 bits per heavy atom. The molecule has 2 aromatic rings. The van der Waals surface area contributed by atoms with Crippen LogP contribution in [0.3, 0.4) is 0 Å². The van der Waals surface area contributed by atoms with Crippen molar-refractivity contribution in [3.8, 4) is 17.3 Å². The number of benzene rings is 1. The normalized spacial score (nSPS) is 13.6. The molecule has 0 radical (unpaired) electrons. The summed E-state index contributed by atoms with van der Waals surface area (Å²) in [5.74, 6) is 0. The van der Waals surface area contributed by atoms with E-state index in [1.165, 1.54) is 12.0 Å². The van der Waals surface area contributed by atoms with Gasteiger partial charge in [0.1, 0.15) is 10.7 Å². The number of pyridine rings is 1. The van der Waals surface area contributed by atoms with Crippen molar-refractivity contribution in [2.75, 3.05) is 0 Å². The van der Waals surface area contributed by atoms with Crippen molar-refractivity contribution >= 4 is 12.2 Å². The van der Waals surface area contributed by atoms with E-state index in [-0.39, 0.29) is 0 Å². The molecule has 94 valence electrons. The van der Waals surface area contributed by atoms with E-state index in [0.29, 0.717) is 10.2 Å². The Labute approximate surface area is 117 Å². The summed E-state index contributed by atoms with van der Waals surface area (Å²) in [6.07, 6.45) is 4.33. The summed E-state index contributed by atoms with van der Waals surface area (Å²) in [4.78, 5) is 3.26. The highest BCUT2D eigenvalue weighted by Gasteiger charge is 2.19. The highest BCUT2D eigenvalue weighted by molar-refractivity contribution is 7.71. The molecule has 0 atom stereocenters. The predicted octanol–water partition coefficient (Wildman–Crippen LogP) is 4.16. The summed E-state index contributed by atoms with van der Waals surface area (Å²) in [5, 5.41) is 9.30. The number of fused-ring (bicyclic) bond motifs is 1. The standard InChI is InChI=1S/C16H14N2S/c17-10-14-12-8-4-5-9-13(12)15(18-16(14)19)11-6-2-1-3-7-11/h1-3,6-7H,4-5,8-9H2,(H,18,19). The van der Waals surface area contributed by atoms with E-state index in [9.17, 15) is 5.26 Å². The van der Waals surface area contributed by atoms with Crippen molar-refractivity contribution < 1.29 is 0 Å². The van der Waals surface area contributed by atoms with E-state index in [4.69, 9.17) is 12.2 Å². The zero-order chi connectivity index (χ0) is 13.2. The minimum Gasteiger partial charge on any atom is -0.345 e. The van der Waals surface area contributed by atoms with Gasteiger partial charge in [-0.25, -0.2) is 0 Å². The molecule has 0 spiro atoms. The summed E-state index contributed by atoms with van der Waals surface area (Å²) in [6.45, 7) is 0. The molecule has 0 unspecified atom stereocenters. The van der Waals surface area contributed by atoms with Crippen molar-refractivity contribution in [1.82, 2.24) is 4.98 Å². The van der Waals surface area contributed by atoms with Crippen LogP contribution >= 0.6 is 12.2 Å². The maximum Gasteiger partial charge on any atom is 0.121 e. The molecule has 0 amide bonds. The van der Waals surface area contributed by atoms with E-state index in [0.717, 1.165) is 36.1 Å². The number of H-pyrrole nitrogens is 1. The van der Waals surface area contributed by atoms with Gasteiger partial charge in [-0.05, 0) is 42.4 Å². The lowest BCUT2D eigenvalue weighted by molar-refractivity contribution is 0.681. The molecule has 1 aliphatic carbocycles. The second-order valence-corrected chi connectivity index (χ2v) is 5.25. The number of nitrogens with zero attached hydrogens (tertiary/aromatic N) is 1. The smallest absolute Gasteiger partial charge is 0.121 e. The van der Waals surface area contributed by atoms with Crippen LogP contribution in [0.5, 0.6) is 0 Å². The van der Waals surface area contributed by atoms with E-state index in [1.807, 2.05) is 18.2 Å². The number of nitrogens with one attached hydrogen (secondary N) is 1. The zero-order valence-electron chi connectivity index (χ0n) is 10.6. The van der Waals surface area contributed by atoms with Crippen molar-refractivity contribution in [2.24, 2.45) is 0 Å². The van der Waals surface area contributed by atoms with Crippen molar-refractivity contribution in [2.45, 2.75) is 25.7 Å². The Hall–Kier alpha value is -1.92. The molecule has 19 heavy (non-hydrogen) atoms. The second-order valence-electron chi connectivity index (χ2n) is 4.85. The third-order valence-electron chi connectivity index (χ3n) is 3.71. The van der Waals surface area contributed by atoms with Crippen LogP contribution in [0.1, 0.15) is 29.5 Å². The molecule has 1 N–H and O–H groups in total. The highest BCUT2D eigenvalue weighted by atomic mass is 32.1. The van der Waals surface area contributed by atoms with Gasteiger partial charge < -0.3 is 4.98 Å². The van der Waals surface area contributed by atoms with E-state index >= 15 is 0 Å². The molecule has 1 aliphatic rings. The Kier molecular flexibility index (Phi) is 3.18. The highest BCUT2D eigenvalue weighted by Crippen LogP contribution is 2.32. The number of aromatic amines is 1. The van der Waals surface area contributed by atoms with Gasteiger partial charge in [0.05, 0.1) is 5.56 Å². The van der Waals surface area contributed by atoms with Gasteiger partial charge in [-0.3, -0.25) is 0 Å². The molecule has 0 fully saturated rings. The van der Waals surface area contributed by atoms with Gasteiger partial charge in [0.25, 0.3) is 0 Å². The first kappa shape index (κ1) is 12.1. The van der Waals surface area contributed by atoms with Gasteiger partial charge in [-0.15, -0.1) is 0 Å². The van der Waals surface area contributed by atoms with E-state index in [2.05, 4.69) is 23.2 Å². The first-order valence-corrected chi connectivity index (χ1v) is 6.95. The fraction of sp³-hybridized carbons (Fsp3) is 0.250. The first-order chi connectivity index (χ1) is 9.31. The molecule has 0 aliphatic heterocycles. The average molecular weight is 266 g/mol. The van der Waals surface area contributed by atoms with Crippen LogP contribution in [0.4, 0.5) is 0 Å². The van der Waals surface area contributed by atoms with Gasteiger partial charge in [-0.2, -0.15) is 5.26 Å². The zero-order valence-corrected chi connectivity index (χ0v) is 11.4. The molecule has 2 nitrogen and oxygen atoms in total. The number of aromatic nitrogens is 1. The second kappa shape index (κ2) is 4.99. The van der Waals surface area contributed by atoms with Gasteiger partial charge in [0, 0.05) is 5.69 Å². The SMILES string of the molecule is N#Cc1c2c(c(-c3ccccc3)[nH]c1=S)CCCC2. The van der Waals surface area contributed by atoms with Gasteiger partial charge in [0.2, 0.25) is 0 Å². The molecule has 0 saturated heterocycles. The molecular weight excluding hydrogens is 252 g/mol. The third kappa shape index (κ3) is 2.09. The van der Waals surface area contributed by atoms with Crippen molar-refractivity contribution in [3.05, 3.63) is 51.7 Å². The molecule has 1 heterocycles. The molecule has 0 bridgehead atoms. The Morgan fingerprint density at radius 1 is 1.05 bits per heavy atom. The molecular formula is C16H14N2S. The number of nitriles is 1. The van der Waals surface area contributed by atoms with Crippen molar-refractivity contribution in [1.29, 1.82) is 5.26 Å². The van der Waals surface area contributed by atoms with Crippen LogP contribution in [0.15, 0.2) is 30.3 Å². The van der Waals surface area contributed by atoms with Crippen LogP contribution in [-0.2, 0) is 12.8 Å². The van der Waals surface area contributed by atoms with Crippen LogP contribution in [0, 0.1) is 16.0 Å². The maximum absolute atomic E-state index is 9.30. The minimum absolute atomic E-state index is 0.571. The van der Waals surface area contributed by atoms with Crippen molar-refractivity contribution in [3.63, 3.8) is 0 Å². The van der Waals surface area contributed by atoms with Gasteiger partial charge in [0.15, 0.2) is 0 Å². The fourth-order valence-corrected chi connectivity index (χ4v) is 3.09. The fourth-order valence-electron chi connectivity index (χ4n) is 2.82. The Balaban J connectivity index is 2.30. The summed E-state index contributed by atoms with van der Waals surface area (Å²) < 4.78 is 0.571. The Bertz CT molecular complexity index is 708. The van der Waals surface area contributed by atoms with Gasteiger partial charge in [-0.1, -0.05) is 42.5 Å². The summed E-state index contributed by atoms with van der Waals surface area (Å²) in [7, 11) is 0. The molecule has 1 aromatic heterocycles. The lowest BCUT2D eigenvalue weighted by Gasteiger charge is -2.20. The molecule has 0 saturated carbocycles. The molecule has 3 rings (SSSR count). The number of hydrogen-bond donors (Lipinski definition) is 1. The Morgan fingerprint density at radius 3 is 2.42 bits per heavy atom. The monoisotopic (exact) mass is 266 g/mol. The average Bonchev–Trinajstić information content (AvgIpc) is 2.47. The van der Waals surface area contributed by atoms with Crippen LogP contribution in [-0.4, -0.2) is 4.98 Å². The third-order valence-corrected chi connectivity index (χ3v) is 4.02. The van der Waals surface area contributed by atoms with Gasteiger partial charge >= 0.3 is 0 Å². The summed E-state index contributed by atoms with van der Waals surface area (Å²) >= 11 is 5.35. The van der Waals surface area contributed by atoms with E-state index in [1.54, 1.807) is 0 Å². The van der Waals surface area contributed by atoms with Crippen LogP contribution in [0.2, 0.25) is 0 Å². The molecule has 3 heteroatoms.